The standard InChI is InChI=1S/C23H31NO2/c1-5-12-24(13-6-2)23(26)16-20(19-10-8-7-9-11-19)21-14-17(3)18(4)15-22(21)25/h7-11,14-15,20,25H,5-6,12-13,16H2,1-4H3/t20-/m0/s1. The van der Waals surface area contributed by atoms with Gasteiger partial charge < -0.3 is 10.0 Å². The molecule has 0 radical (unpaired) electrons. The van der Waals surface area contributed by atoms with Gasteiger partial charge in [0.2, 0.25) is 5.91 Å². The predicted octanol–water partition coefficient (Wildman–Crippen LogP) is 5.18. The van der Waals surface area contributed by atoms with E-state index in [4.69, 9.17) is 0 Å². The number of carbonyl (C=O) groups is 1. The van der Waals surface area contributed by atoms with Crippen molar-refractivity contribution >= 4 is 5.91 Å². The number of nitrogens with zero attached hydrogens (tertiary/aromatic N) is 1. The van der Waals surface area contributed by atoms with Crippen LogP contribution in [-0.4, -0.2) is 29.0 Å². The van der Waals surface area contributed by atoms with Crippen LogP contribution in [0.1, 0.15) is 61.3 Å². The van der Waals surface area contributed by atoms with Crippen molar-refractivity contribution in [3.63, 3.8) is 0 Å². The molecule has 3 nitrogen and oxygen atoms in total. The molecule has 0 heterocycles. The summed E-state index contributed by atoms with van der Waals surface area (Å²) in [5.74, 6) is 0.284. The molecule has 0 aliphatic carbocycles. The van der Waals surface area contributed by atoms with Crippen LogP contribution in [0.25, 0.3) is 0 Å². The number of amides is 1. The molecule has 0 fully saturated rings. The maximum Gasteiger partial charge on any atom is 0.223 e. The number of hydrogen-bond donors (Lipinski definition) is 1. The fourth-order valence-corrected chi connectivity index (χ4v) is 3.40. The SMILES string of the molecule is CCCN(CCC)C(=O)C[C@@H](c1ccccc1)c1cc(C)c(C)cc1O. The Morgan fingerprint density at radius 3 is 2.15 bits per heavy atom. The van der Waals surface area contributed by atoms with Gasteiger partial charge in [0.1, 0.15) is 5.75 Å². The Balaban J connectivity index is 2.40. The summed E-state index contributed by atoms with van der Waals surface area (Å²) in [6.07, 6.45) is 2.29. The molecule has 2 rings (SSSR count). The monoisotopic (exact) mass is 353 g/mol. The van der Waals surface area contributed by atoms with Crippen LogP contribution in [-0.2, 0) is 4.79 Å². The highest BCUT2D eigenvalue weighted by Gasteiger charge is 2.24. The molecule has 2 aromatic rings. The summed E-state index contributed by atoms with van der Waals surface area (Å²) >= 11 is 0. The van der Waals surface area contributed by atoms with E-state index in [1.807, 2.05) is 55.1 Å². The number of phenols is 1. The number of carbonyl (C=O) groups excluding carboxylic acids is 1. The molecule has 0 bridgehead atoms. The zero-order chi connectivity index (χ0) is 19.1. The van der Waals surface area contributed by atoms with Gasteiger partial charge in [0.05, 0.1) is 0 Å². The van der Waals surface area contributed by atoms with Crippen LogP contribution in [0.5, 0.6) is 5.75 Å². The number of hydrogen-bond acceptors (Lipinski definition) is 2. The average molecular weight is 354 g/mol. The lowest BCUT2D eigenvalue weighted by Crippen LogP contribution is -2.33. The summed E-state index contributed by atoms with van der Waals surface area (Å²) in [5, 5.41) is 10.6. The minimum Gasteiger partial charge on any atom is -0.508 e. The van der Waals surface area contributed by atoms with Crippen LogP contribution < -0.4 is 0 Å². The van der Waals surface area contributed by atoms with Gasteiger partial charge in [-0.05, 0) is 49.4 Å². The van der Waals surface area contributed by atoms with Gasteiger partial charge in [-0.2, -0.15) is 0 Å². The Morgan fingerprint density at radius 2 is 1.58 bits per heavy atom. The van der Waals surface area contributed by atoms with Gasteiger partial charge in [0.25, 0.3) is 0 Å². The first-order valence-electron chi connectivity index (χ1n) is 9.60. The maximum absolute atomic E-state index is 13.0. The molecule has 26 heavy (non-hydrogen) atoms. The number of aromatic hydroxyl groups is 1. The highest BCUT2D eigenvalue weighted by Crippen LogP contribution is 2.36. The minimum absolute atomic E-state index is 0.140. The predicted molar refractivity (Wildman–Crippen MR) is 108 cm³/mol. The number of phenolic OH excluding ortho intramolecular Hbond substituents is 1. The van der Waals surface area contributed by atoms with Gasteiger partial charge in [0.15, 0.2) is 0 Å². The van der Waals surface area contributed by atoms with Gasteiger partial charge in [-0.3, -0.25) is 4.79 Å². The quantitative estimate of drug-likeness (QED) is 0.710. The van der Waals surface area contributed by atoms with Crippen molar-refractivity contribution in [2.75, 3.05) is 13.1 Å². The molecular weight excluding hydrogens is 322 g/mol. The van der Waals surface area contributed by atoms with Gasteiger partial charge in [0, 0.05) is 31.0 Å². The third-order valence-electron chi connectivity index (χ3n) is 4.94. The Bertz CT molecular complexity index is 718. The van der Waals surface area contributed by atoms with E-state index in [1.165, 1.54) is 0 Å². The summed E-state index contributed by atoms with van der Waals surface area (Å²) in [5.41, 5.74) is 4.08. The van der Waals surface area contributed by atoms with Crippen molar-refractivity contribution in [3.05, 3.63) is 64.7 Å². The molecule has 0 saturated carbocycles. The Labute approximate surface area is 157 Å². The second kappa shape index (κ2) is 9.42. The van der Waals surface area contributed by atoms with E-state index in [-0.39, 0.29) is 17.6 Å². The van der Waals surface area contributed by atoms with E-state index in [0.717, 1.165) is 48.2 Å². The summed E-state index contributed by atoms with van der Waals surface area (Å²) in [4.78, 5) is 14.9. The zero-order valence-corrected chi connectivity index (χ0v) is 16.5. The third kappa shape index (κ3) is 4.87. The third-order valence-corrected chi connectivity index (χ3v) is 4.94. The van der Waals surface area contributed by atoms with Crippen LogP contribution in [0.15, 0.2) is 42.5 Å². The lowest BCUT2D eigenvalue weighted by atomic mass is 9.86. The molecule has 2 aromatic carbocycles. The number of aryl methyl sites for hydroxylation is 2. The van der Waals surface area contributed by atoms with Crippen molar-refractivity contribution in [2.24, 2.45) is 0 Å². The molecule has 0 aliphatic heterocycles. The van der Waals surface area contributed by atoms with Crippen molar-refractivity contribution < 1.29 is 9.90 Å². The van der Waals surface area contributed by atoms with Crippen molar-refractivity contribution in [3.8, 4) is 5.75 Å². The first-order valence-corrected chi connectivity index (χ1v) is 9.60. The summed E-state index contributed by atoms with van der Waals surface area (Å²) in [7, 11) is 0. The average Bonchev–Trinajstić information content (AvgIpc) is 2.63. The molecule has 0 unspecified atom stereocenters. The van der Waals surface area contributed by atoms with Crippen LogP contribution in [0.2, 0.25) is 0 Å². The maximum atomic E-state index is 13.0. The van der Waals surface area contributed by atoms with Crippen LogP contribution >= 0.6 is 0 Å². The molecule has 1 atom stereocenters. The van der Waals surface area contributed by atoms with E-state index in [1.54, 1.807) is 6.07 Å². The molecule has 1 N–H and O–H groups in total. The van der Waals surface area contributed by atoms with Crippen molar-refractivity contribution in [1.29, 1.82) is 0 Å². The number of rotatable bonds is 8. The molecule has 3 heteroatoms. The lowest BCUT2D eigenvalue weighted by molar-refractivity contribution is -0.131. The van der Waals surface area contributed by atoms with E-state index in [9.17, 15) is 9.90 Å². The molecule has 0 saturated heterocycles. The Hall–Kier alpha value is -2.29. The Morgan fingerprint density at radius 1 is 1.00 bits per heavy atom. The second-order valence-electron chi connectivity index (χ2n) is 7.04. The first kappa shape index (κ1) is 20.0. The van der Waals surface area contributed by atoms with Gasteiger partial charge >= 0.3 is 0 Å². The minimum atomic E-state index is -0.140. The van der Waals surface area contributed by atoms with Crippen LogP contribution in [0.3, 0.4) is 0 Å². The molecule has 0 spiro atoms. The summed E-state index contributed by atoms with van der Waals surface area (Å²) < 4.78 is 0. The molecule has 140 valence electrons. The second-order valence-corrected chi connectivity index (χ2v) is 7.04. The zero-order valence-electron chi connectivity index (χ0n) is 16.5. The van der Waals surface area contributed by atoms with Crippen molar-refractivity contribution in [2.45, 2.75) is 52.9 Å². The molecule has 1 amide bonds. The highest BCUT2D eigenvalue weighted by molar-refractivity contribution is 5.78. The van der Waals surface area contributed by atoms with E-state index >= 15 is 0 Å². The van der Waals surface area contributed by atoms with Crippen molar-refractivity contribution in [1.82, 2.24) is 4.90 Å². The lowest BCUT2D eigenvalue weighted by Gasteiger charge is -2.26. The largest absolute Gasteiger partial charge is 0.508 e. The molecular formula is C23H31NO2. The summed E-state index contributed by atoms with van der Waals surface area (Å²) in [6, 6.07) is 13.9. The fraction of sp³-hybridized carbons (Fsp3) is 0.435. The van der Waals surface area contributed by atoms with Gasteiger partial charge in [-0.25, -0.2) is 0 Å². The highest BCUT2D eigenvalue weighted by atomic mass is 16.3. The van der Waals surface area contributed by atoms with E-state index in [0.29, 0.717) is 6.42 Å². The van der Waals surface area contributed by atoms with Crippen LogP contribution in [0, 0.1) is 13.8 Å². The first-order chi connectivity index (χ1) is 12.5. The van der Waals surface area contributed by atoms with E-state index in [2.05, 4.69) is 13.8 Å². The smallest absolute Gasteiger partial charge is 0.223 e. The van der Waals surface area contributed by atoms with Crippen LogP contribution in [0.4, 0.5) is 0 Å². The Kier molecular flexibility index (Phi) is 7.26. The van der Waals surface area contributed by atoms with E-state index < -0.39 is 0 Å². The normalized spacial score (nSPS) is 12.0. The fourth-order valence-electron chi connectivity index (χ4n) is 3.40. The van der Waals surface area contributed by atoms with Gasteiger partial charge in [-0.1, -0.05) is 50.2 Å². The topological polar surface area (TPSA) is 40.5 Å². The number of benzene rings is 2. The molecule has 0 aromatic heterocycles. The molecule has 0 aliphatic rings. The summed E-state index contributed by atoms with van der Waals surface area (Å²) in [6.45, 7) is 9.80. The van der Waals surface area contributed by atoms with Gasteiger partial charge in [-0.15, -0.1) is 0 Å².